The molecule has 4 heterocycles. The highest BCUT2D eigenvalue weighted by Crippen LogP contribution is 2.45. The van der Waals surface area contributed by atoms with Crippen LogP contribution in [0.25, 0.3) is 44.5 Å². The van der Waals surface area contributed by atoms with Gasteiger partial charge in [0, 0.05) is 36.3 Å². The first-order valence-electron chi connectivity index (χ1n) is 15.4. The van der Waals surface area contributed by atoms with Gasteiger partial charge in [0.15, 0.2) is 0 Å². The lowest BCUT2D eigenvalue weighted by molar-refractivity contribution is -0.135. The van der Waals surface area contributed by atoms with Crippen molar-refractivity contribution < 1.29 is 19.4 Å². The van der Waals surface area contributed by atoms with Crippen molar-refractivity contribution >= 4 is 33.7 Å². The molecule has 0 bridgehead atoms. The van der Waals surface area contributed by atoms with E-state index in [1.54, 1.807) is 24.5 Å². The molecule has 2 aromatic carbocycles. The Morgan fingerprint density at radius 2 is 1.75 bits per heavy atom. The van der Waals surface area contributed by atoms with Crippen LogP contribution < -0.4 is 0 Å². The van der Waals surface area contributed by atoms with Crippen molar-refractivity contribution in [2.75, 3.05) is 26.3 Å². The van der Waals surface area contributed by atoms with E-state index in [0.29, 0.717) is 32.2 Å². The van der Waals surface area contributed by atoms with Gasteiger partial charge < -0.3 is 19.3 Å². The molecular weight excluding hydrogens is 554 g/mol. The number of aromatic nitrogens is 4. The summed E-state index contributed by atoms with van der Waals surface area (Å²) in [4.78, 5) is 41.4. The summed E-state index contributed by atoms with van der Waals surface area (Å²) in [6.07, 6.45) is 9.03. The summed E-state index contributed by atoms with van der Waals surface area (Å²) in [6.45, 7) is 4.21. The molecule has 1 saturated heterocycles. The summed E-state index contributed by atoms with van der Waals surface area (Å²) in [5.74, 6) is -0.646. The summed E-state index contributed by atoms with van der Waals surface area (Å²) in [7, 11) is 0. The van der Waals surface area contributed by atoms with Gasteiger partial charge in [0.25, 0.3) is 0 Å². The Balaban J connectivity index is 1.41. The number of aromatic carboxylic acids is 1. The van der Waals surface area contributed by atoms with Gasteiger partial charge in [-0.25, -0.2) is 9.78 Å². The monoisotopic (exact) mass is 589 g/mol. The molecule has 44 heavy (non-hydrogen) atoms. The van der Waals surface area contributed by atoms with Crippen LogP contribution in [0.2, 0.25) is 0 Å². The highest BCUT2D eigenvalue weighted by molar-refractivity contribution is 6.00. The van der Waals surface area contributed by atoms with Gasteiger partial charge >= 0.3 is 5.97 Å². The normalized spacial score (nSPS) is 16.1. The van der Waals surface area contributed by atoms with E-state index in [0.717, 1.165) is 75.8 Å². The number of rotatable bonds is 6. The first kappa shape index (κ1) is 28.2. The number of ether oxygens (including phenoxy) is 1. The van der Waals surface area contributed by atoms with Crippen LogP contribution in [0.15, 0.2) is 60.9 Å². The van der Waals surface area contributed by atoms with Crippen molar-refractivity contribution in [2.45, 2.75) is 51.5 Å². The van der Waals surface area contributed by atoms with Crippen molar-refractivity contribution in [3.63, 3.8) is 0 Å². The Bertz CT molecular complexity index is 1890. The summed E-state index contributed by atoms with van der Waals surface area (Å²) >= 11 is 0. The van der Waals surface area contributed by atoms with Crippen LogP contribution >= 0.6 is 0 Å². The molecule has 1 aliphatic carbocycles. The topological polar surface area (TPSA) is 110 Å². The molecule has 1 saturated carbocycles. The number of hydrogen-bond donors (Lipinski definition) is 1. The zero-order valence-electron chi connectivity index (χ0n) is 24.8. The van der Waals surface area contributed by atoms with Crippen molar-refractivity contribution in [3.05, 3.63) is 77.7 Å². The fourth-order valence-corrected chi connectivity index (χ4v) is 6.90. The molecule has 224 valence electrons. The molecule has 9 nitrogen and oxygen atoms in total. The molecule has 1 aliphatic heterocycles. The van der Waals surface area contributed by atoms with Crippen LogP contribution in [0.3, 0.4) is 0 Å². The quantitative estimate of drug-likeness (QED) is 0.250. The molecule has 1 amide bonds. The molecule has 0 unspecified atom stereocenters. The molecule has 2 aliphatic rings. The minimum atomic E-state index is -0.981. The largest absolute Gasteiger partial charge is 0.478 e. The Labute approximate surface area is 255 Å². The Kier molecular flexibility index (Phi) is 7.56. The second kappa shape index (κ2) is 11.8. The van der Waals surface area contributed by atoms with E-state index in [4.69, 9.17) is 9.72 Å². The molecule has 5 aromatic rings. The van der Waals surface area contributed by atoms with Crippen molar-refractivity contribution in [3.8, 4) is 22.6 Å². The lowest BCUT2D eigenvalue weighted by Gasteiger charge is -2.28. The molecule has 2 fully saturated rings. The predicted molar refractivity (Wildman–Crippen MR) is 169 cm³/mol. The molecule has 9 heteroatoms. The Hall–Kier alpha value is -4.63. The standard InChI is InChI=1S/C35H35N5O4/c1-22-33(37-14-13-36-22)29-12-8-24-19-25(9-11-28(24)38-29)34-32(23-5-3-2-4-6-23)27-10-7-26(35(42)43)20-30(27)40(34)21-31(41)39-15-17-44-18-16-39/h7-14,19-20,23H,2-6,15-18,21H2,1H3,(H,42,43). The van der Waals surface area contributed by atoms with Crippen molar-refractivity contribution in [1.82, 2.24) is 24.4 Å². The summed E-state index contributed by atoms with van der Waals surface area (Å²) in [5, 5.41) is 11.9. The number of amides is 1. The van der Waals surface area contributed by atoms with Gasteiger partial charge in [-0.15, -0.1) is 0 Å². The number of morpholine rings is 1. The predicted octanol–water partition coefficient (Wildman–Crippen LogP) is 6.23. The first-order chi connectivity index (χ1) is 21.5. The van der Waals surface area contributed by atoms with Crippen molar-refractivity contribution in [2.24, 2.45) is 0 Å². The average Bonchev–Trinajstić information content (AvgIpc) is 3.38. The number of carboxylic acid groups (broad SMARTS) is 1. The summed E-state index contributed by atoms with van der Waals surface area (Å²) < 4.78 is 7.56. The third-order valence-corrected chi connectivity index (χ3v) is 9.11. The first-order valence-corrected chi connectivity index (χ1v) is 15.4. The van der Waals surface area contributed by atoms with Gasteiger partial charge in [0.1, 0.15) is 12.2 Å². The van der Waals surface area contributed by atoms with Gasteiger partial charge in [-0.3, -0.25) is 14.8 Å². The van der Waals surface area contributed by atoms with E-state index in [2.05, 4.69) is 32.7 Å². The number of carboxylic acids is 1. The maximum absolute atomic E-state index is 13.7. The fourth-order valence-electron chi connectivity index (χ4n) is 6.90. The number of hydrogen-bond acceptors (Lipinski definition) is 6. The minimum Gasteiger partial charge on any atom is -0.478 e. The Morgan fingerprint density at radius 1 is 0.955 bits per heavy atom. The van der Waals surface area contributed by atoms with Gasteiger partial charge in [-0.05, 0) is 67.1 Å². The van der Waals surface area contributed by atoms with Crippen LogP contribution in [-0.2, 0) is 16.1 Å². The molecule has 7 rings (SSSR count). The third-order valence-electron chi connectivity index (χ3n) is 9.11. The summed E-state index contributed by atoms with van der Waals surface area (Å²) in [5.41, 5.74) is 7.39. The van der Waals surface area contributed by atoms with Crippen LogP contribution in [0.5, 0.6) is 0 Å². The van der Waals surface area contributed by atoms with E-state index in [1.807, 2.05) is 30.0 Å². The summed E-state index contributed by atoms with van der Waals surface area (Å²) in [6, 6.07) is 15.7. The van der Waals surface area contributed by atoms with Crippen molar-refractivity contribution in [1.29, 1.82) is 0 Å². The number of carbonyl (C=O) groups excluding carboxylic acids is 1. The highest BCUT2D eigenvalue weighted by atomic mass is 16.5. The SMILES string of the molecule is Cc1nccnc1-c1ccc2cc(-c3c(C4CCCCC4)c4ccc(C(=O)O)cc4n3CC(=O)N3CCOCC3)ccc2n1. The van der Waals surface area contributed by atoms with E-state index in [1.165, 1.54) is 12.0 Å². The minimum absolute atomic E-state index is 0.00816. The van der Waals surface area contributed by atoms with Crippen LogP contribution in [0.4, 0.5) is 0 Å². The van der Waals surface area contributed by atoms with E-state index >= 15 is 0 Å². The number of aryl methyl sites for hydroxylation is 1. The number of carbonyl (C=O) groups is 2. The number of nitrogens with zero attached hydrogens (tertiary/aromatic N) is 5. The molecule has 0 atom stereocenters. The van der Waals surface area contributed by atoms with Gasteiger partial charge in [-0.2, -0.15) is 0 Å². The zero-order chi connectivity index (χ0) is 30.2. The zero-order valence-corrected chi connectivity index (χ0v) is 24.8. The van der Waals surface area contributed by atoms with Crippen LogP contribution in [0.1, 0.15) is 59.6 Å². The Morgan fingerprint density at radius 3 is 2.52 bits per heavy atom. The van der Waals surface area contributed by atoms with Crippen LogP contribution in [-0.4, -0.2) is 67.7 Å². The molecule has 3 aromatic heterocycles. The van der Waals surface area contributed by atoms with Gasteiger partial charge in [0.05, 0.1) is 46.9 Å². The molecule has 1 N–H and O–H groups in total. The highest BCUT2D eigenvalue weighted by Gasteiger charge is 2.29. The molecule has 0 radical (unpaired) electrons. The second-order valence-electron chi connectivity index (χ2n) is 11.8. The van der Waals surface area contributed by atoms with Gasteiger partial charge in [-0.1, -0.05) is 37.5 Å². The number of benzene rings is 2. The number of pyridine rings is 1. The maximum Gasteiger partial charge on any atom is 0.335 e. The van der Waals surface area contributed by atoms with E-state index in [9.17, 15) is 14.7 Å². The molecular formula is C35H35N5O4. The molecule has 0 spiro atoms. The second-order valence-corrected chi connectivity index (χ2v) is 11.8. The fraction of sp³-hybridized carbons (Fsp3) is 0.343. The third kappa shape index (κ3) is 5.21. The maximum atomic E-state index is 13.7. The van der Waals surface area contributed by atoms with Crippen LogP contribution in [0, 0.1) is 6.92 Å². The van der Waals surface area contributed by atoms with E-state index in [-0.39, 0.29) is 18.0 Å². The lowest BCUT2D eigenvalue weighted by Crippen LogP contribution is -2.42. The lowest BCUT2D eigenvalue weighted by atomic mass is 9.81. The average molecular weight is 590 g/mol. The van der Waals surface area contributed by atoms with Gasteiger partial charge in [0.2, 0.25) is 5.91 Å². The van der Waals surface area contributed by atoms with E-state index < -0.39 is 5.97 Å². The smallest absolute Gasteiger partial charge is 0.335 e. The number of fused-ring (bicyclic) bond motifs is 2.